The van der Waals surface area contributed by atoms with Gasteiger partial charge in [0.05, 0.1) is 6.10 Å². The summed E-state index contributed by atoms with van der Waals surface area (Å²) in [4.78, 5) is 7.18. The van der Waals surface area contributed by atoms with E-state index in [4.69, 9.17) is 4.74 Å². The molecule has 2 saturated heterocycles. The predicted octanol–water partition coefficient (Wildman–Crippen LogP) is 3.51. The minimum atomic E-state index is 0. The molecule has 4 nitrogen and oxygen atoms in total. The van der Waals surface area contributed by atoms with Crippen LogP contribution >= 0.6 is 24.0 Å². The molecule has 4 aliphatic rings. The van der Waals surface area contributed by atoms with E-state index in [0.717, 1.165) is 24.4 Å². The molecule has 0 aromatic carbocycles. The Kier molecular flexibility index (Phi) is 5.70. The Morgan fingerprint density at radius 3 is 2.38 bits per heavy atom. The zero-order valence-corrected chi connectivity index (χ0v) is 17.8. The van der Waals surface area contributed by atoms with E-state index in [1.807, 2.05) is 7.05 Å². The van der Waals surface area contributed by atoms with Crippen molar-refractivity contribution < 1.29 is 4.74 Å². The van der Waals surface area contributed by atoms with Gasteiger partial charge in [-0.25, -0.2) is 0 Å². The highest BCUT2D eigenvalue weighted by atomic mass is 127. The van der Waals surface area contributed by atoms with Crippen LogP contribution < -0.4 is 5.32 Å². The van der Waals surface area contributed by atoms with Gasteiger partial charge in [-0.05, 0) is 37.5 Å². The van der Waals surface area contributed by atoms with Crippen LogP contribution in [-0.2, 0) is 4.74 Å². The van der Waals surface area contributed by atoms with Gasteiger partial charge in [-0.1, -0.05) is 26.7 Å². The predicted molar refractivity (Wildman–Crippen MR) is 109 cm³/mol. The number of halogens is 1. The molecular weight excluding hydrogens is 413 g/mol. The van der Waals surface area contributed by atoms with Gasteiger partial charge >= 0.3 is 0 Å². The smallest absolute Gasteiger partial charge is 0.193 e. The average Bonchev–Trinajstić information content (AvgIpc) is 2.99. The van der Waals surface area contributed by atoms with E-state index in [2.05, 4.69) is 29.1 Å². The fourth-order valence-electron chi connectivity index (χ4n) is 5.83. The van der Waals surface area contributed by atoms with Gasteiger partial charge in [0.25, 0.3) is 0 Å². The zero-order valence-electron chi connectivity index (χ0n) is 15.5. The monoisotopic (exact) mass is 447 g/mol. The van der Waals surface area contributed by atoms with Gasteiger partial charge in [0, 0.05) is 44.1 Å². The van der Waals surface area contributed by atoms with Crippen molar-refractivity contribution in [3.8, 4) is 0 Å². The van der Waals surface area contributed by atoms with E-state index < -0.39 is 0 Å². The van der Waals surface area contributed by atoms with Crippen LogP contribution in [0, 0.1) is 23.2 Å². The summed E-state index contributed by atoms with van der Waals surface area (Å²) in [5.41, 5.74) is 0.216. The maximum atomic E-state index is 6.05. The van der Waals surface area contributed by atoms with Crippen molar-refractivity contribution in [1.82, 2.24) is 10.2 Å². The molecule has 0 radical (unpaired) electrons. The van der Waals surface area contributed by atoms with E-state index in [-0.39, 0.29) is 29.4 Å². The van der Waals surface area contributed by atoms with E-state index >= 15 is 0 Å². The lowest BCUT2D eigenvalue weighted by Gasteiger charge is -2.60. The van der Waals surface area contributed by atoms with Crippen molar-refractivity contribution in [3.63, 3.8) is 0 Å². The van der Waals surface area contributed by atoms with Crippen LogP contribution in [-0.4, -0.2) is 49.7 Å². The maximum Gasteiger partial charge on any atom is 0.193 e. The molecule has 24 heavy (non-hydrogen) atoms. The van der Waals surface area contributed by atoms with Gasteiger partial charge in [0.15, 0.2) is 5.96 Å². The zero-order chi connectivity index (χ0) is 16.0. The molecule has 5 atom stereocenters. The Bertz CT molecular complexity index is 467. The highest BCUT2D eigenvalue weighted by molar-refractivity contribution is 14.0. The van der Waals surface area contributed by atoms with Crippen LogP contribution in [0.3, 0.4) is 0 Å². The topological polar surface area (TPSA) is 36.9 Å². The Morgan fingerprint density at radius 1 is 1.08 bits per heavy atom. The van der Waals surface area contributed by atoms with Gasteiger partial charge in [-0.3, -0.25) is 4.99 Å². The Hall–Kier alpha value is -0.0400. The third kappa shape index (κ3) is 3.08. The van der Waals surface area contributed by atoms with Gasteiger partial charge in [0.1, 0.15) is 0 Å². The van der Waals surface area contributed by atoms with Crippen molar-refractivity contribution in [2.45, 2.75) is 64.5 Å². The van der Waals surface area contributed by atoms with Crippen molar-refractivity contribution in [2.24, 2.45) is 28.2 Å². The highest BCUT2D eigenvalue weighted by Crippen LogP contribution is 2.51. The first kappa shape index (κ1) is 18.7. The quantitative estimate of drug-likeness (QED) is 0.380. The number of guanidine groups is 1. The minimum Gasteiger partial charge on any atom is -0.377 e. The van der Waals surface area contributed by atoms with Gasteiger partial charge in [-0.2, -0.15) is 0 Å². The number of fused-ring (bicyclic) bond motifs is 2. The number of likely N-dealkylation sites (tertiary alicyclic amines) is 1. The molecule has 5 unspecified atom stereocenters. The Morgan fingerprint density at radius 2 is 1.75 bits per heavy atom. The molecule has 4 rings (SSSR count). The number of nitrogens with zero attached hydrogens (tertiary/aromatic N) is 2. The van der Waals surface area contributed by atoms with Crippen LogP contribution in [0.2, 0.25) is 0 Å². The summed E-state index contributed by atoms with van der Waals surface area (Å²) in [5, 5.41) is 3.84. The average molecular weight is 447 g/mol. The number of nitrogens with one attached hydrogen (secondary N) is 1. The summed E-state index contributed by atoms with van der Waals surface area (Å²) >= 11 is 0. The van der Waals surface area contributed by atoms with E-state index in [0.29, 0.717) is 18.1 Å². The first-order valence-corrected chi connectivity index (χ1v) is 9.71. The first-order valence-electron chi connectivity index (χ1n) is 9.71. The van der Waals surface area contributed by atoms with Crippen LogP contribution in [0.4, 0.5) is 0 Å². The SMILES string of the molecule is CN=C(NC1C2CCCOC2C1(C)C)N1CC2CCCCC2C1.I. The second-order valence-corrected chi connectivity index (χ2v) is 8.80. The number of rotatable bonds is 1. The number of hydrogen-bond acceptors (Lipinski definition) is 2. The summed E-state index contributed by atoms with van der Waals surface area (Å²) in [6, 6.07) is 0.508. The molecule has 138 valence electrons. The molecule has 4 fully saturated rings. The van der Waals surface area contributed by atoms with E-state index in [1.54, 1.807) is 0 Å². The van der Waals surface area contributed by atoms with Crippen LogP contribution in [0.1, 0.15) is 52.4 Å². The molecule has 2 saturated carbocycles. The van der Waals surface area contributed by atoms with Gasteiger partial charge in [0.2, 0.25) is 0 Å². The van der Waals surface area contributed by atoms with Crippen LogP contribution in [0.15, 0.2) is 4.99 Å². The molecule has 2 aliphatic carbocycles. The Balaban J connectivity index is 0.00000169. The molecule has 2 heterocycles. The summed E-state index contributed by atoms with van der Waals surface area (Å²) in [7, 11) is 1.95. The van der Waals surface area contributed by atoms with Crippen LogP contribution in [0.5, 0.6) is 0 Å². The normalized spacial score (nSPS) is 40.9. The molecule has 5 heteroatoms. The molecule has 0 spiro atoms. The standard InChI is InChI=1S/C19H33N3O.HI/c1-19(2)16(15-9-6-10-23-17(15)19)21-18(20-3)22-11-13-7-4-5-8-14(13)12-22;/h13-17H,4-12H2,1-3H3,(H,20,21);1H. The van der Waals surface area contributed by atoms with Crippen molar-refractivity contribution in [1.29, 1.82) is 0 Å². The molecule has 0 aromatic rings. The molecule has 0 amide bonds. The maximum absolute atomic E-state index is 6.05. The van der Waals surface area contributed by atoms with Crippen molar-refractivity contribution in [2.75, 3.05) is 26.7 Å². The Labute approximate surface area is 164 Å². The summed E-state index contributed by atoms with van der Waals surface area (Å²) in [6.07, 6.45) is 8.65. The highest BCUT2D eigenvalue weighted by Gasteiger charge is 2.58. The second-order valence-electron chi connectivity index (χ2n) is 8.80. The molecule has 2 aliphatic heterocycles. The summed E-state index contributed by atoms with van der Waals surface area (Å²) < 4.78 is 6.05. The third-order valence-corrected chi connectivity index (χ3v) is 7.10. The van der Waals surface area contributed by atoms with Gasteiger partial charge in [-0.15, -0.1) is 24.0 Å². The van der Waals surface area contributed by atoms with E-state index in [9.17, 15) is 0 Å². The minimum absolute atomic E-state index is 0. The molecular formula is C19H34IN3O. The second kappa shape index (κ2) is 7.29. The molecule has 1 N–H and O–H groups in total. The lowest BCUT2D eigenvalue weighted by Crippen LogP contribution is -2.71. The largest absolute Gasteiger partial charge is 0.377 e. The van der Waals surface area contributed by atoms with Gasteiger partial charge < -0.3 is 15.0 Å². The van der Waals surface area contributed by atoms with Crippen molar-refractivity contribution in [3.05, 3.63) is 0 Å². The number of ether oxygens (including phenoxy) is 1. The fourth-order valence-corrected chi connectivity index (χ4v) is 5.83. The first-order chi connectivity index (χ1) is 11.1. The van der Waals surface area contributed by atoms with E-state index in [1.165, 1.54) is 51.6 Å². The molecule has 0 aromatic heterocycles. The number of hydrogen-bond donors (Lipinski definition) is 1. The van der Waals surface area contributed by atoms with Crippen LogP contribution in [0.25, 0.3) is 0 Å². The lowest BCUT2D eigenvalue weighted by molar-refractivity contribution is -0.188. The summed E-state index contributed by atoms with van der Waals surface area (Å²) in [5.74, 6) is 3.62. The summed E-state index contributed by atoms with van der Waals surface area (Å²) in [6.45, 7) is 8.08. The number of aliphatic imine (C=N–C) groups is 1. The molecule has 0 bridgehead atoms. The lowest BCUT2D eigenvalue weighted by atomic mass is 9.55. The van der Waals surface area contributed by atoms with Crippen molar-refractivity contribution >= 4 is 29.9 Å². The fraction of sp³-hybridized carbons (Fsp3) is 0.947. The third-order valence-electron chi connectivity index (χ3n) is 7.10.